The lowest BCUT2D eigenvalue weighted by atomic mass is 10.1. The standard InChI is InChI=1S/C22H26FNO5S/c23-20-6-2-3-7-21(20)28-16-17-29-22(25)13-10-18-8-11-19(12-9-18)30(26,27)24-14-4-1-5-15-24/h2-3,6-9,11-12H,1,4-5,10,13-17H2. The highest BCUT2D eigenvalue weighted by Crippen LogP contribution is 2.21. The fraction of sp³-hybridized carbons (Fsp3) is 0.409. The van der Waals surface area contributed by atoms with Crippen LogP contribution < -0.4 is 4.74 Å². The van der Waals surface area contributed by atoms with Crippen LogP contribution in [0.1, 0.15) is 31.2 Å². The average molecular weight is 436 g/mol. The van der Waals surface area contributed by atoms with Gasteiger partial charge in [-0.25, -0.2) is 12.8 Å². The van der Waals surface area contributed by atoms with Crippen molar-refractivity contribution in [1.29, 1.82) is 0 Å². The molecule has 8 heteroatoms. The average Bonchev–Trinajstić information content (AvgIpc) is 2.77. The minimum atomic E-state index is -3.45. The van der Waals surface area contributed by atoms with Crippen molar-refractivity contribution in [2.75, 3.05) is 26.3 Å². The Balaban J connectivity index is 1.41. The SMILES string of the molecule is O=C(CCc1ccc(S(=O)(=O)N2CCCCC2)cc1)OCCOc1ccccc1F. The summed E-state index contributed by atoms with van der Waals surface area (Å²) in [4.78, 5) is 12.2. The fourth-order valence-corrected chi connectivity index (χ4v) is 4.79. The number of carbonyl (C=O) groups excluding carboxylic acids is 1. The van der Waals surface area contributed by atoms with Gasteiger partial charge in [-0.15, -0.1) is 0 Å². The molecule has 1 heterocycles. The molecule has 2 aromatic carbocycles. The van der Waals surface area contributed by atoms with Gasteiger partial charge in [0.2, 0.25) is 10.0 Å². The van der Waals surface area contributed by atoms with Gasteiger partial charge in [-0.2, -0.15) is 4.31 Å². The van der Waals surface area contributed by atoms with Crippen LogP contribution in [0.25, 0.3) is 0 Å². The monoisotopic (exact) mass is 435 g/mol. The molecule has 0 spiro atoms. The van der Waals surface area contributed by atoms with Crippen molar-refractivity contribution in [3.63, 3.8) is 0 Å². The van der Waals surface area contributed by atoms with Crippen molar-refractivity contribution in [2.45, 2.75) is 37.0 Å². The van der Waals surface area contributed by atoms with Crippen LogP contribution in [0.2, 0.25) is 0 Å². The normalized spacial score (nSPS) is 15.0. The lowest BCUT2D eigenvalue weighted by molar-refractivity contribution is -0.144. The number of hydrogen-bond donors (Lipinski definition) is 0. The summed E-state index contributed by atoms with van der Waals surface area (Å²) in [6, 6.07) is 12.7. The lowest BCUT2D eigenvalue weighted by Gasteiger charge is -2.25. The number of aryl methyl sites for hydroxylation is 1. The number of carbonyl (C=O) groups is 1. The molecular weight excluding hydrogens is 409 g/mol. The van der Waals surface area contributed by atoms with Crippen molar-refractivity contribution in [1.82, 2.24) is 4.31 Å². The number of benzene rings is 2. The third-order valence-corrected chi connectivity index (χ3v) is 6.85. The predicted molar refractivity (Wildman–Crippen MR) is 110 cm³/mol. The van der Waals surface area contributed by atoms with Gasteiger partial charge in [-0.3, -0.25) is 4.79 Å². The molecule has 6 nitrogen and oxygen atoms in total. The van der Waals surface area contributed by atoms with Crippen LogP contribution in [0.3, 0.4) is 0 Å². The topological polar surface area (TPSA) is 72.9 Å². The first-order valence-electron chi connectivity index (χ1n) is 10.1. The smallest absolute Gasteiger partial charge is 0.306 e. The summed E-state index contributed by atoms with van der Waals surface area (Å²) < 4.78 is 50.6. The minimum Gasteiger partial charge on any atom is -0.487 e. The van der Waals surface area contributed by atoms with Crippen molar-refractivity contribution in [3.05, 3.63) is 59.9 Å². The van der Waals surface area contributed by atoms with E-state index in [0.717, 1.165) is 24.8 Å². The second kappa shape index (κ2) is 10.5. The van der Waals surface area contributed by atoms with Crippen LogP contribution >= 0.6 is 0 Å². The maximum Gasteiger partial charge on any atom is 0.306 e. The molecule has 0 amide bonds. The molecule has 0 saturated carbocycles. The molecule has 0 aromatic heterocycles. The predicted octanol–water partition coefficient (Wildman–Crippen LogP) is 3.56. The Hall–Kier alpha value is -2.45. The van der Waals surface area contributed by atoms with Crippen LogP contribution in [-0.2, 0) is 26.0 Å². The molecule has 0 N–H and O–H groups in total. The maximum atomic E-state index is 13.4. The lowest BCUT2D eigenvalue weighted by Crippen LogP contribution is -2.35. The number of hydrogen-bond acceptors (Lipinski definition) is 5. The van der Waals surface area contributed by atoms with E-state index in [1.54, 1.807) is 36.4 Å². The molecule has 1 aliphatic heterocycles. The van der Waals surface area contributed by atoms with Gasteiger partial charge < -0.3 is 9.47 Å². The Kier molecular flexibility index (Phi) is 7.81. The number of para-hydroxylation sites is 1. The van der Waals surface area contributed by atoms with Crippen LogP contribution in [0, 0.1) is 5.82 Å². The highest BCUT2D eigenvalue weighted by molar-refractivity contribution is 7.89. The highest BCUT2D eigenvalue weighted by atomic mass is 32.2. The van der Waals surface area contributed by atoms with E-state index in [9.17, 15) is 17.6 Å². The summed E-state index contributed by atoms with van der Waals surface area (Å²) >= 11 is 0. The van der Waals surface area contributed by atoms with Gasteiger partial charge in [0.1, 0.15) is 13.2 Å². The third-order valence-electron chi connectivity index (χ3n) is 4.93. The maximum absolute atomic E-state index is 13.4. The fourth-order valence-electron chi connectivity index (χ4n) is 3.27. The van der Waals surface area contributed by atoms with Crippen LogP contribution in [0.4, 0.5) is 4.39 Å². The van der Waals surface area contributed by atoms with E-state index in [4.69, 9.17) is 9.47 Å². The number of piperidine rings is 1. The summed E-state index contributed by atoms with van der Waals surface area (Å²) in [5.41, 5.74) is 0.854. The number of rotatable bonds is 9. The number of nitrogens with zero attached hydrogens (tertiary/aromatic N) is 1. The van der Waals surface area contributed by atoms with Crippen LogP contribution in [-0.4, -0.2) is 45.0 Å². The van der Waals surface area contributed by atoms with Crippen molar-refractivity contribution in [2.24, 2.45) is 0 Å². The van der Waals surface area contributed by atoms with E-state index < -0.39 is 21.8 Å². The zero-order valence-electron chi connectivity index (χ0n) is 16.8. The van der Waals surface area contributed by atoms with Gasteiger partial charge >= 0.3 is 5.97 Å². The Labute approximate surface area is 176 Å². The van der Waals surface area contributed by atoms with Gasteiger partial charge in [0.05, 0.1) is 4.90 Å². The van der Waals surface area contributed by atoms with Crippen molar-refractivity contribution in [3.8, 4) is 5.75 Å². The van der Waals surface area contributed by atoms with E-state index in [0.29, 0.717) is 19.5 Å². The molecule has 0 atom stereocenters. The van der Waals surface area contributed by atoms with E-state index >= 15 is 0 Å². The summed E-state index contributed by atoms with van der Waals surface area (Å²) in [5, 5.41) is 0. The van der Waals surface area contributed by atoms with E-state index in [1.807, 2.05) is 0 Å². The molecule has 0 bridgehead atoms. The molecule has 1 fully saturated rings. The number of sulfonamides is 1. The second-order valence-electron chi connectivity index (χ2n) is 7.11. The molecule has 30 heavy (non-hydrogen) atoms. The van der Waals surface area contributed by atoms with Gasteiger partial charge in [-0.1, -0.05) is 30.7 Å². The molecular formula is C22H26FNO5S. The van der Waals surface area contributed by atoms with E-state index in [-0.39, 0.29) is 30.3 Å². The molecule has 162 valence electrons. The largest absolute Gasteiger partial charge is 0.487 e. The van der Waals surface area contributed by atoms with Crippen molar-refractivity contribution >= 4 is 16.0 Å². The first kappa shape index (κ1) is 22.2. The van der Waals surface area contributed by atoms with E-state index in [1.165, 1.54) is 16.4 Å². The number of halogens is 1. The molecule has 0 aliphatic carbocycles. The first-order chi connectivity index (χ1) is 14.5. The quantitative estimate of drug-likeness (QED) is 0.445. The van der Waals surface area contributed by atoms with Gasteiger partial charge in [-0.05, 0) is 49.1 Å². The molecule has 0 radical (unpaired) electrons. The highest BCUT2D eigenvalue weighted by Gasteiger charge is 2.25. The summed E-state index contributed by atoms with van der Waals surface area (Å²) in [7, 11) is -3.45. The third kappa shape index (κ3) is 6.03. The molecule has 3 rings (SSSR count). The van der Waals surface area contributed by atoms with Gasteiger partial charge in [0.15, 0.2) is 11.6 Å². The van der Waals surface area contributed by atoms with Crippen LogP contribution in [0.15, 0.2) is 53.4 Å². The second-order valence-corrected chi connectivity index (χ2v) is 9.05. The van der Waals surface area contributed by atoms with Gasteiger partial charge in [0.25, 0.3) is 0 Å². The zero-order chi connectivity index (χ0) is 21.4. The summed E-state index contributed by atoms with van der Waals surface area (Å²) in [5.74, 6) is -0.736. The Bertz CT molecular complexity index is 940. The Morgan fingerprint density at radius 1 is 0.967 bits per heavy atom. The Morgan fingerprint density at radius 2 is 1.67 bits per heavy atom. The number of ether oxygens (including phenoxy) is 2. The number of esters is 1. The molecule has 1 saturated heterocycles. The van der Waals surface area contributed by atoms with Crippen molar-refractivity contribution < 1.29 is 27.1 Å². The minimum absolute atomic E-state index is 0.0280. The van der Waals surface area contributed by atoms with Gasteiger partial charge in [0, 0.05) is 19.5 Å². The molecule has 0 unspecified atom stereocenters. The van der Waals surface area contributed by atoms with E-state index in [2.05, 4.69) is 0 Å². The summed E-state index contributed by atoms with van der Waals surface area (Å²) in [6.07, 6.45) is 3.46. The zero-order valence-corrected chi connectivity index (χ0v) is 17.6. The molecule has 1 aliphatic rings. The molecule has 2 aromatic rings. The summed E-state index contributed by atoms with van der Waals surface area (Å²) in [6.45, 7) is 1.23. The Morgan fingerprint density at radius 3 is 2.37 bits per heavy atom. The first-order valence-corrected chi connectivity index (χ1v) is 11.5. The van der Waals surface area contributed by atoms with Crippen LogP contribution in [0.5, 0.6) is 5.75 Å².